The van der Waals surface area contributed by atoms with Crippen LogP contribution >= 0.6 is 11.3 Å². The van der Waals surface area contributed by atoms with Gasteiger partial charge in [0.05, 0.1) is 23.1 Å². The minimum Gasteiger partial charge on any atom is -0.338 e. The van der Waals surface area contributed by atoms with Crippen LogP contribution in [0.5, 0.6) is 0 Å². The molecule has 148 valence electrons. The molecule has 4 heterocycles. The Hall–Kier alpha value is -2.32. The van der Waals surface area contributed by atoms with E-state index in [1.165, 1.54) is 22.6 Å². The van der Waals surface area contributed by atoms with Crippen LogP contribution in [0.3, 0.4) is 0 Å². The molecule has 3 aromatic heterocycles. The van der Waals surface area contributed by atoms with Gasteiger partial charge in [0.15, 0.2) is 5.65 Å². The number of fused-ring (bicyclic) bond motifs is 1. The molecule has 3 aromatic rings. The number of aromatic nitrogens is 4. The summed E-state index contributed by atoms with van der Waals surface area (Å²) in [6.45, 7) is 4.36. The molecule has 1 aliphatic heterocycles. The molecule has 1 aliphatic rings. The van der Waals surface area contributed by atoms with Crippen molar-refractivity contribution in [1.29, 1.82) is 0 Å². The van der Waals surface area contributed by atoms with E-state index in [-0.39, 0.29) is 5.91 Å². The molecule has 0 unspecified atom stereocenters. The SMILES string of the molecule is Cc1ncsc1C(=O)N1CCC(Cc2c(CN(C)C)cnc3ccnn23)CC1. The second kappa shape index (κ2) is 7.97. The molecule has 1 amide bonds. The fourth-order valence-corrected chi connectivity index (χ4v) is 4.68. The lowest BCUT2D eigenvalue weighted by molar-refractivity contribution is 0.0694. The summed E-state index contributed by atoms with van der Waals surface area (Å²) in [5.74, 6) is 0.674. The van der Waals surface area contributed by atoms with Crippen LogP contribution < -0.4 is 0 Å². The molecule has 28 heavy (non-hydrogen) atoms. The normalized spacial score (nSPS) is 15.6. The Morgan fingerprint density at radius 3 is 2.75 bits per heavy atom. The molecular formula is C20H26N6OS. The van der Waals surface area contributed by atoms with Crippen molar-refractivity contribution in [2.45, 2.75) is 32.7 Å². The van der Waals surface area contributed by atoms with Gasteiger partial charge in [-0.15, -0.1) is 11.3 Å². The molecule has 1 saturated heterocycles. The number of hydrogen-bond donors (Lipinski definition) is 0. The number of piperidine rings is 1. The standard InChI is InChI=1S/C20H26N6OS/c1-14-19(28-13-22-14)20(27)25-8-5-15(6-9-25)10-17-16(12-24(2)3)11-21-18-4-7-23-26(17)18/h4,7,11,13,15H,5-6,8-10,12H2,1-3H3. The van der Waals surface area contributed by atoms with Crippen LogP contribution in [0.25, 0.3) is 5.65 Å². The fourth-order valence-electron chi connectivity index (χ4n) is 3.91. The molecular weight excluding hydrogens is 372 g/mol. The highest BCUT2D eigenvalue weighted by molar-refractivity contribution is 7.11. The molecule has 0 atom stereocenters. The summed E-state index contributed by atoms with van der Waals surface area (Å²) >= 11 is 1.44. The summed E-state index contributed by atoms with van der Waals surface area (Å²) in [6, 6.07) is 1.95. The minimum atomic E-state index is 0.130. The highest BCUT2D eigenvalue weighted by Gasteiger charge is 2.27. The van der Waals surface area contributed by atoms with Gasteiger partial charge in [-0.3, -0.25) is 4.79 Å². The Labute approximate surface area is 169 Å². The number of carbonyl (C=O) groups is 1. The molecule has 1 fully saturated rings. The summed E-state index contributed by atoms with van der Waals surface area (Å²) < 4.78 is 1.98. The van der Waals surface area contributed by atoms with Crippen molar-refractivity contribution in [1.82, 2.24) is 29.4 Å². The maximum absolute atomic E-state index is 12.7. The zero-order chi connectivity index (χ0) is 19.7. The Morgan fingerprint density at radius 1 is 1.29 bits per heavy atom. The van der Waals surface area contributed by atoms with Crippen molar-refractivity contribution in [2.24, 2.45) is 5.92 Å². The number of nitrogens with zero attached hydrogens (tertiary/aromatic N) is 6. The van der Waals surface area contributed by atoms with Gasteiger partial charge in [0.1, 0.15) is 4.88 Å². The predicted octanol–water partition coefficient (Wildman–Crippen LogP) is 2.65. The highest BCUT2D eigenvalue weighted by Crippen LogP contribution is 2.26. The maximum Gasteiger partial charge on any atom is 0.265 e. The van der Waals surface area contributed by atoms with E-state index in [1.807, 2.05) is 34.8 Å². The van der Waals surface area contributed by atoms with Gasteiger partial charge in [0, 0.05) is 37.5 Å². The number of amides is 1. The largest absolute Gasteiger partial charge is 0.338 e. The second-order valence-electron chi connectivity index (χ2n) is 7.78. The monoisotopic (exact) mass is 398 g/mol. The fraction of sp³-hybridized carbons (Fsp3) is 0.500. The predicted molar refractivity (Wildman–Crippen MR) is 110 cm³/mol. The quantitative estimate of drug-likeness (QED) is 0.661. The second-order valence-corrected chi connectivity index (χ2v) is 8.63. The third-order valence-electron chi connectivity index (χ3n) is 5.41. The van der Waals surface area contributed by atoms with Crippen LogP contribution in [-0.4, -0.2) is 62.5 Å². The topological polar surface area (TPSA) is 66.6 Å². The maximum atomic E-state index is 12.7. The van der Waals surface area contributed by atoms with Gasteiger partial charge in [-0.05, 0) is 46.2 Å². The van der Waals surface area contributed by atoms with Crippen LogP contribution in [0.1, 0.15) is 39.5 Å². The molecule has 0 N–H and O–H groups in total. The summed E-state index contributed by atoms with van der Waals surface area (Å²) in [5, 5.41) is 4.50. The third kappa shape index (κ3) is 3.79. The Balaban J connectivity index is 1.47. The first-order valence-electron chi connectivity index (χ1n) is 9.67. The highest BCUT2D eigenvalue weighted by atomic mass is 32.1. The van der Waals surface area contributed by atoms with Crippen LogP contribution in [0, 0.1) is 12.8 Å². The summed E-state index contributed by atoms with van der Waals surface area (Å²) in [4.78, 5) is 26.4. The van der Waals surface area contributed by atoms with Crippen LogP contribution in [0.15, 0.2) is 24.0 Å². The van der Waals surface area contributed by atoms with Crippen molar-refractivity contribution in [3.05, 3.63) is 45.8 Å². The summed E-state index contributed by atoms with van der Waals surface area (Å²) in [6.07, 6.45) is 6.78. The number of thiazole rings is 1. The number of likely N-dealkylation sites (tertiary alicyclic amines) is 1. The number of aryl methyl sites for hydroxylation is 1. The van der Waals surface area contributed by atoms with E-state index in [9.17, 15) is 4.79 Å². The molecule has 7 nitrogen and oxygen atoms in total. The van der Waals surface area contributed by atoms with Gasteiger partial charge >= 0.3 is 0 Å². The van der Waals surface area contributed by atoms with Crippen molar-refractivity contribution >= 4 is 22.9 Å². The van der Waals surface area contributed by atoms with E-state index in [0.29, 0.717) is 5.92 Å². The molecule has 0 bridgehead atoms. The molecule has 8 heteroatoms. The lowest BCUT2D eigenvalue weighted by atomic mass is 9.90. The Bertz CT molecular complexity index is 970. The molecule has 0 radical (unpaired) electrons. The van der Waals surface area contributed by atoms with E-state index in [2.05, 4.69) is 34.1 Å². The van der Waals surface area contributed by atoms with Crippen molar-refractivity contribution in [3.63, 3.8) is 0 Å². The van der Waals surface area contributed by atoms with Crippen molar-refractivity contribution in [2.75, 3.05) is 27.2 Å². The average Bonchev–Trinajstić information content (AvgIpc) is 3.32. The molecule has 0 aromatic carbocycles. The van der Waals surface area contributed by atoms with E-state index in [0.717, 1.165) is 55.1 Å². The zero-order valence-corrected chi connectivity index (χ0v) is 17.4. The zero-order valence-electron chi connectivity index (χ0n) is 16.6. The van der Waals surface area contributed by atoms with Crippen LogP contribution in [0.4, 0.5) is 0 Å². The lowest BCUT2D eigenvalue weighted by Crippen LogP contribution is -2.39. The average molecular weight is 399 g/mol. The number of carbonyl (C=O) groups excluding carboxylic acids is 1. The van der Waals surface area contributed by atoms with Crippen LogP contribution in [-0.2, 0) is 13.0 Å². The van der Waals surface area contributed by atoms with Gasteiger partial charge in [-0.2, -0.15) is 5.10 Å². The first kappa shape index (κ1) is 19.0. The minimum absolute atomic E-state index is 0.130. The van der Waals surface area contributed by atoms with Gasteiger partial charge in [-0.1, -0.05) is 0 Å². The Morgan fingerprint density at radius 2 is 2.07 bits per heavy atom. The van der Waals surface area contributed by atoms with Gasteiger partial charge in [0.2, 0.25) is 0 Å². The lowest BCUT2D eigenvalue weighted by Gasteiger charge is -2.32. The van der Waals surface area contributed by atoms with E-state index in [1.54, 1.807) is 5.51 Å². The first-order valence-corrected chi connectivity index (χ1v) is 10.6. The molecule has 0 aliphatic carbocycles. The van der Waals surface area contributed by atoms with E-state index >= 15 is 0 Å². The van der Waals surface area contributed by atoms with Crippen molar-refractivity contribution in [3.8, 4) is 0 Å². The number of hydrogen-bond acceptors (Lipinski definition) is 6. The first-order chi connectivity index (χ1) is 13.5. The molecule has 0 spiro atoms. The van der Waals surface area contributed by atoms with Gasteiger partial charge < -0.3 is 9.80 Å². The third-order valence-corrected chi connectivity index (χ3v) is 6.33. The number of rotatable bonds is 5. The summed E-state index contributed by atoms with van der Waals surface area (Å²) in [5.41, 5.74) is 5.95. The smallest absolute Gasteiger partial charge is 0.265 e. The molecule has 4 rings (SSSR count). The summed E-state index contributed by atoms with van der Waals surface area (Å²) in [7, 11) is 4.14. The van der Waals surface area contributed by atoms with Crippen LogP contribution in [0.2, 0.25) is 0 Å². The van der Waals surface area contributed by atoms with Gasteiger partial charge in [-0.25, -0.2) is 14.5 Å². The molecule has 0 saturated carbocycles. The van der Waals surface area contributed by atoms with Gasteiger partial charge in [0.25, 0.3) is 5.91 Å². The van der Waals surface area contributed by atoms with Crippen molar-refractivity contribution < 1.29 is 4.79 Å². The van der Waals surface area contributed by atoms with E-state index < -0.39 is 0 Å². The Kier molecular flexibility index (Phi) is 5.41. The van der Waals surface area contributed by atoms with E-state index in [4.69, 9.17) is 0 Å².